The quantitative estimate of drug-likeness (QED) is 0.710. The predicted octanol–water partition coefficient (Wildman–Crippen LogP) is 1.37. The smallest absolute Gasteiger partial charge is 0.242 e. The molecule has 0 spiro atoms. The zero-order valence-corrected chi connectivity index (χ0v) is 9.83. The average molecular weight is 210 g/mol. The van der Waals surface area contributed by atoms with Gasteiger partial charge in [0, 0.05) is 13.1 Å². The van der Waals surface area contributed by atoms with Crippen molar-refractivity contribution < 1.29 is 4.79 Å². The maximum atomic E-state index is 12.2. The Hall–Kier alpha value is -0.570. The third-order valence-corrected chi connectivity index (χ3v) is 3.83. The van der Waals surface area contributed by atoms with Crippen LogP contribution in [-0.2, 0) is 4.79 Å². The monoisotopic (exact) mass is 210 g/mol. The van der Waals surface area contributed by atoms with Gasteiger partial charge >= 0.3 is 0 Å². The number of rotatable bonds is 1. The Bertz CT molecular complexity index is 250. The molecule has 0 bridgehead atoms. The van der Waals surface area contributed by atoms with Gasteiger partial charge in [-0.2, -0.15) is 0 Å². The summed E-state index contributed by atoms with van der Waals surface area (Å²) in [5, 5.41) is 0. The minimum atomic E-state index is -0.503. The van der Waals surface area contributed by atoms with E-state index in [2.05, 4.69) is 13.8 Å². The number of hydrogen-bond acceptors (Lipinski definition) is 2. The van der Waals surface area contributed by atoms with Gasteiger partial charge in [0.15, 0.2) is 0 Å². The van der Waals surface area contributed by atoms with E-state index in [0.29, 0.717) is 11.8 Å². The van der Waals surface area contributed by atoms with Crippen molar-refractivity contribution in [3.8, 4) is 0 Å². The zero-order valence-electron chi connectivity index (χ0n) is 9.83. The number of likely N-dealkylation sites (tertiary alicyclic amines) is 1. The van der Waals surface area contributed by atoms with E-state index < -0.39 is 5.54 Å². The molecule has 1 aliphatic heterocycles. The molecule has 15 heavy (non-hydrogen) atoms. The normalized spacial score (nSPS) is 34.7. The van der Waals surface area contributed by atoms with Crippen LogP contribution in [0, 0.1) is 11.8 Å². The van der Waals surface area contributed by atoms with E-state index in [4.69, 9.17) is 5.73 Å². The molecule has 1 aliphatic carbocycles. The lowest BCUT2D eigenvalue weighted by Gasteiger charge is -2.44. The number of piperidine rings is 1. The van der Waals surface area contributed by atoms with Crippen molar-refractivity contribution in [3.63, 3.8) is 0 Å². The van der Waals surface area contributed by atoms with Gasteiger partial charge in [-0.15, -0.1) is 0 Å². The minimum absolute atomic E-state index is 0.201. The fourth-order valence-electron chi connectivity index (χ4n) is 2.92. The highest BCUT2D eigenvalue weighted by atomic mass is 16.2. The Labute approximate surface area is 92.0 Å². The molecular formula is C12H22N2O. The summed E-state index contributed by atoms with van der Waals surface area (Å²) in [6.45, 7) is 6.25. The first-order valence-corrected chi connectivity index (χ1v) is 6.09. The van der Waals surface area contributed by atoms with Gasteiger partial charge in [0.05, 0.1) is 5.54 Å². The Morgan fingerprint density at radius 1 is 1.27 bits per heavy atom. The molecule has 3 nitrogen and oxygen atoms in total. The van der Waals surface area contributed by atoms with Gasteiger partial charge in [0.2, 0.25) is 5.91 Å². The third kappa shape index (κ3) is 2.03. The molecule has 2 aliphatic rings. The summed E-state index contributed by atoms with van der Waals surface area (Å²) in [5.41, 5.74) is 5.57. The number of carbonyl (C=O) groups excluding carboxylic acids is 1. The fourth-order valence-corrected chi connectivity index (χ4v) is 2.92. The van der Waals surface area contributed by atoms with E-state index in [-0.39, 0.29) is 5.91 Å². The lowest BCUT2D eigenvalue weighted by Crippen LogP contribution is -2.61. The van der Waals surface area contributed by atoms with E-state index in [1.807, 2.05) is 4.90 Å². The summed E-state index contributed by atoms with van der Waals surface area (Å²) in [6, 6.07) is 0. The molecule has 1 heterocycles. The number of hydrogen-bond donors (Lipinski definition) is 1. The van der Waals surface area contributed by atoms with Gasteiger partial charge in [-0.3, -0.25) is 4.79 Å². The Morgan fingerprint density at radius 2 is 1.80 bits per heavy atom. The summed E-state index contributed by atoms with van der Waals surface area (Å²) in [5.74, 6) is 1.45. The third-order valence-electron chi connectivity index (χ3n) is 3.83. The number of amides is 1. The first-order chi connectivity index (χ1) is 7.01. The molecule has 2 unspecified atom stereocenters. The Kier molecular flexibility index (Phi) is 2.75. The number of nitrogens with two attached hydrogens (primary N) is 1. The van der Waals surface area contributed by atoms with Crippen molar-refractivity contribution in [1.82, 2.24) is 4.90 Å². The molecule has 0 aromatic rings. The van der Waals surface area contributed by atoms with Crippen molar-refractivity contribution in [3.05, 3.63) is 0 Å². The maximum absolute atomic E-state index is 12.2. The van der Waals surface area contributed by atoms with Crippen LogP contribution in [0.5, 0.6) is 0 Å². The van der Waals surface area contributed by atoms with Crippen molar-refractivity contribution in [2.75, 3.05) is 13.1 Å². The maximum Gasteiger partial charge on any atom is 0.242 e. The van der Waals surface area contributed by atoms with Crippen LogP contribution in [0.15, 0.2) is 0 Å². The highest BCUT2D eigenvalue weighted by Crippen LogP contribution is 2.33. The van der Waals surface area contributed by atoms with Crippen LogP contribution in [0.4, 0.5) is 0 Å². The summed E-state index contributed by atoms with van der Waals surface area (Å²) < 4.78 is 0. The molecule has 3 heteroatoms. The van der Waals surface area contributed by atoms with E-state index in [1.54, 1.807) is 0 Å². The topological polar surface area (TPSA) is 46.3 Å². The van der Waals surface area contributed by atoms with Gasteiger partial charge in [-0.1, -0.05) is 13.8 Å². The molecule has 0 aromatic carbocycles. The summed E-state index contributed by atoms with van der Waals surface area (Å²) >= 11 is 0. The standard InChI is InChI=1S/C12H22N2O/c1-9-6-10(2)8-14(7-9)11(15)12(13)4-3-5-12/h9-10H,3-8,13H2,1-2H3. The van der Waals surface area contributed by atoms with Crippen molar-refractivity contribution in [2.24, 2.45) is 17.6 Å². The van der Waals surface area contributed by atoms with Crippen LogP contribution in [-0.4, -0.2) is 29.4 Å². The van der Waals surface area contributed by atoms with Gasteiger partial charge in [-0.05, 0) is 37.5 Å². The van der Waals surface area contributed by atoms with Crippen molar-refractivity contribution in [2.45, 2.75) is 45.1 Å². The lowest BCUT2D eigenvalue weighted by molar-refractivity contribution is -0.142. The van der Waals surface area contributed by atoms with E-state index in [9.17, 15) is 4.79 Å². The van der Waals surface area contributed by atoms with Crippen LogP contribution in [0.25, 0.3) is 0 Å². The van der Waals surface area contributed by atoms with Crippen LogP contribution in [0.2, 0.25) is 0 Å². The number of nitrogens with zero attached hydrogens (tertiary/aromatic N) is 1. The highest BCUT2D eigenvalue weighted by molar-refractivity contribution is 5.87. The molecule has 86 valence electrons. The van der Waals surface area contributed by atoms with E-state index in [1.165, 1.54) is 6.42 Å². The molecule has 1 amide bonds. The van der Waals surface area contributed by atoms with Crippen LogP contribution < -0.4 is 5.73 Å². The molecule has 0 radical (unpaired) electrons. The highest BCUT2D eigenvalue weighted by Gasteiger charge is 2.43. The first-order valence-electron chi connectivity index (χ1n) is 6.09. The van der Waals surface area contributed by atoms with E-state index >= 15 is 0 Å². The Morgan fingerprint density at radius 3 is 2.20 bits per heavy atom. The molecule has 2 atom stereocenters. The van der Waals surface area contributed by atoms with Gasteiger partial charge < -0.3 is 10.6 Å². The molecular weight excluding hydrogens is 188 g/mol. The lowest BCUT2D eigenvalue weighted by atomic mass is 9.76. The molecule has 1 saturated carbocycles. The van der Waals surface area contributed by atoms with Gasteiger partial charge in [-0.25, -0.2) is 0 Å². The van der Waals surface area contributed by atoms with Crippen molar-refractivity contribution >= 4 is 5.91 Å². The van der Waals surface area contributed by atoms with Crippen LogP contribution in [0.3, 0.4) is 0 Å². The van der Waals surface area contributed by atoms with Gasteiger partial charge in [0.25, 0.3) is 0 Å². The average Bonchev–Trinajstić information content (AvgIpc) is 2.11. The largest absolute Gasteiger partial charge is 0.341 e. The molecule has 1 saturated heterocycles. The van der Waals surface area contributed by atoms with Crippen molar-refractivity contribution in [1.29, 1.82) is 0 Å². The molecule has 2 N–H and O–H groups in total. The first kappa shape index (κ1) is 10.9. The zero-order chi connectivity index (χ0) is 11.1. The predicted molar refractivity (Wildman–Crippen MR) is 60.3 cm³/mol. The molecule has 0 aromatic heterocycles. The van der Waals surface area contributed by atoms with E-state index in [0.717, 1.165) is 32.4 Å². The Balaban J connectivity index is 2.00. The van der Waals surface area contributed by atoms with Gasteiger partial charge in [0.1, 0.15) is 0 Å². The molecule has 2 rings (SSSR count). The second-order valence-corrected chi connectivity index (χ2v) is 5.67. The second kappa shape index (κ2) is 3.78. The summed E-state index contributed by atoms with van der Waals surface area (Å²) in [7, 11) is 0. The minimum Gasteiger partial charge on any atom is -0.341 e. The molecule has 2 fully saturated rings. The number of carbonyl (C=O) groups is 1. The summed E-state index contributed by atoms with van der Waals surface area (Å²) in [6.07, 6.45) is 4.11. The fraction of sp³-hybridized carbons (Fsp3) is 0.917. The van der Waals surface area contributed by atoms with Crippen LogP contribution >= 0.6 is 0 Å². The second-order valence-electron chi connectivity index (χ2n) is 5.67. The van der Waals surface area contributed by atoms with Crippen LogP contribution in [0.1, 0.15) is 39.5 Å². The SMILES string of the molecule is CC1CC(C)CN(C(=O)C2(N)CCC2)C1. The summed E-state index contributed by atoms with van der Waals surface area (Å²) in [4.78, 5) is 14.2.